The fraction of sp³-hybridized carbons (Fsp3) is 0.562. The number of benzene rings is 1. The van der Waals surface area contributed by atoms with Gasteiger partial charge in [-0.2, -0.15) is 4.31 Å². The third-order valence-corrected chi connectivity index (χ3v) is 6.19. The van der Waals surface area contributed by atoms with Crippen LogP contribution in [0.2, 0.25) is 0 Å². The Kier molecular flexibility index (Phi) is 4.99. The molecule has 2 saturated heterocycles. The first kappa shape index (κ1) is 16.4. The van der Waals surface area contributed by atoms with Gasteiger partial charge in [0.05, 0.1) is 5.75 Å². The van der Waals surface area contributed by atoms with Crippen LogP contribution in [-0.2, 0) is 25.3 Å². The standard InChI is InChI=1S/C16H22N2O4S/c19-16(15-7-4-12-22-15)17-8-10-18(11-9-17)23(20,21)13-14-5-2-1-3-6-14/h1-3,5-6,15H,4,7-13H2/t15-/m1/s1. The number of rotatable bonds is 4. The van der Waals surface area contributed by atoms with Crippen molar-refractivity contribution in [1.82, 2.24) is 9.21 Å². The van der Waals surface area contributed by atoms with Crippen LogP contribution in [0.5, 0.6) is 0 Å². The second kappa shape index (κ2) is 6.98. The van der Waals surface area contributed by atoms with E-state index in [1.807, 2.05) is 30.3 Å². The fourth-order valence-corrected chi connectivity index (χ4v) is 4.55. The monoisotopic (exact) mass is 338 g/mol. The summed E-state index contributed by atoms with van der Waals surface area (Å²) in [6.07, 6.45) is 1.36. The van der Waals surface area contributed by atoms with E-state index in [-0.39, 0.29) is 17.8 Å². The number of amides is 1. The summed E-state index contributed by atoms with van der Waals surface area (Å²) in [4.78, 5) is 14.0. The molecule has 0 N–H and O–H groups in total. The number of hydrogen-bond donors (Lipinski definition) is 0. The zero-order chi connectivity index (χ0) is 16.3. The van der Waals surface area contributed by atoms with Crippen LogP contribution in [0.3, 0.4) is 0 Å². The van der Waals surface area contributed by atoms with Crippen molar-refractivity contribution in [2.24, 2.45) is 0 Å². The highest BCUT2D eigenvalue weighted by Crippen LogP contribution is 2.18. The smallest absolute Gasteiger partial charge is 0.251 e. The topological polar surface area (TPSA) is 66.9 Å². The van der Waals surface area contributed by atoms with E-state index in [1.165, 1.54) is 4.31 Å². The van der Waals surface area contributed by atoms with Gasteiger partial charge in [-0.25, -0.2) is 8.42 Å². The molecule has 0 aromatic heterocycles. The van der Waals surface area contributed by atoms with Crippen molar-refractivity contribution in [3.05, 3.63) is 35.9 Å². The molecule has 2 fully saturated rings. The summed E-state index contributed by atoms with van der Waals surface area (Å²) < 4.78 is 31.9. The predicted molar refractivity (Wildman–Crippen MR) is 86.2 cm³/mol. The maximum Gasteiger partial charge on any atom is 0.251 e. The molecule has 7 heteroatoms. The summed E-state index contributed by atoms with van der Waals surface area (Å²) in [5.74, 6) is 0.00988. The van der Waals surface area contributed by atoms with Crippen molar-refractivity contribution in [3.8, 4) is 0 Å². The first-order valence-corrected chi connectivity index (χ1v) is 9.59. The Morgan fingerprint density at radius 3 is 2.43 bits per heavy atom. The SMILES string of the molecule is O=C([C@H]1CCCO1)N1CCN(S(=O)(=O)Cc2ccccc2)CC1. The van der Waals surface area contributed by atoms with Gasteiger partial charge >= 0.3 is 0 Å². The second-order valence-electron chi connectivity index (χ2n) is 5.97. The highest BCUT2D eigenvalue weighted by molar-refractivity contribution is 7.88. The molecular weight excluding hydrogens is 316 g/mol. The number of carbonyl (C=O) groups excluding carboxylic acids is 1. The predicted octanol–water partition coefficient (Wildman–Crippen LogP) is 0.840. The summed E-state index contributed by atoms with van der Waals surface area (Å²) in [5, 5.41) is 0. The molecule has 0 radical (unpaired) electrons. The average Bonchev–Trinajstić information content (AvgIpc) is 3.09. The molecule has 0 bridgehead atoms. The lowest BCUT2D eigenvalue weighted by Gasteiger charge is -2.35. The Morgan fingerprint density at radius 2 is 1.83 bits per heavy atom. The van der Waals surface area contributed by atoms with Gasteiger partial charge in [0, 0.05) is 32.8 Å². The van der Waals surface area contributed by atoms with Crippen LogP contribution in [0, 0.1) is 0 Å². The van der Waals surface area contributed by atoms with Crippen LogP contribution in [-0.4, -0.2) is 62.4 Å². The van der Waals surface area contributed by atoms with Gasteiger partial charge in [0.25, 0.3) is 5.91 Å². The van der Waals surface area contributed by atoms with Crippen LogP contribution in [0.1, 0.15) is 18.4 Å². The number of carbonyl (C=O) groups is 1. The zero-order valence-corrected chi connectivity index (χ0v) is 13.9. The summed E-state index contributed by atoms with van der Waals surface area (Å²) in [6, 6.07) is 9.17. The number of sulfonamides is 1. The van der Waals surface area contributed by atoms with Crippen LogP contribution in [0.15, 0.2) is 30.3 Å². The van der Waals surface area contributed by atoms with Gasteiger partial charge in [0.2, 0.25) is 10.0 Å². The minimum Gasteiger partial charge on any atom is -0.368 e. The highest BCUT2D eigenvalue weighted by Gasteiger charge is 2.33. The Hall–Kier alpha value is -1.44. The van der Waals surface area contributed by atoms with Crippen molar-refractivity contribution in [2.45, 2.75) is 24.7 Å². The molecule has 0 spiro atoms. The van der Waals surface area contributed by atoms with E-state index in [2.05, 4.69) is 0 Å². The van der Waals surface area contributed by atoms with Crippen molar-refractivity contribution in [3.63, 3.8) is 0 Å². The largest absolute Gasteiger partial charge is 0.368 e. The zero-order valence-electron chi connectivity index (χ0n) is 13.1. The molecule has 0 aliphatic carbocycles. The third-order valence-electron chi connectivity index (χ3n) is 4.34. The lowest BCUT2D eigenvalue weighted by molar-refractivity contribution is -0.142. The van der Waals surface area contributed by atoms with E-state index in [0.717, 1.165) is 18.4 Å². The minimum absolute atomic E-state index is 0.00241. The van der Waals surface area contributed by atoms with E-state index < -0.39 is 10.0 Å². The van der Waals surface area contributed by atoms with Gasteiger partial charge in [-0.05, 0) is 18.4 Å². The fourth-order valence-electron chi connectivity index (χ4n) is 3.04. The molecule has 0 unspecified atom stereocenters. The number of piperazine rings is 1. The van der Waals surface area contributed by atoms with E-state index in [0.29, 0.717) is 32.8 Å². The Balaban J connectivity index is 1.56. The molecule has 2 heterocycles. The molecule has 6 nitrogen and oxygen atoms in total. The van der Waals surface area contributed by atoms with E-state index >= 15 is 0 Å². The third kappa shape index (κ3) is 3.91. The van der Waals surface area contributed by atoms with Gasteiger partial charge in [0.15, 0.2) is 0 Å². The maximum atomic E-state index is 12.5. The lowest BCUT2D eigenvalue weighted by atomic mass is 10.2. The Morgan fingerprint density at radius 1 is 1.13 bits per heavy atom. The molecule has 23 heavy (non-hydrogen) atoms. The molecule has 0 saturated carbocycles. The first-order chi connectivity index (χ1) is 11.1. The molecule has 126 valence electrons. The van der Waals surface area contributed by atoms with Gasteiger partial charge < -0.3 is 9.64 Å². The van der Waals surface area contributed by atoms with E-state index in [4.69, 9.17) is 4.74 Å². The van der Waals surface area contributed by atoms with Crippen LogP contribution in [0.25, 0.3) is 0 Å². The molecule has 1 aromatic rings. The second-order valence-corrected chi connectivity index (χ2v) is 7.94. The minimum atomic E-state index is -3.34. The van der Waals surface area contributed by atoms with Crippen molar-refractivity contribution < 1.29 is 17.9 Å². The normalized spacial score (nSPS) is 23.1. The van der Waals surface area contributed by atoms with Crippen molar-refractivity contribution in [2.75, 3.05) is 32.8 Å². The van der Waals surface area contributed by atoms with Gasteiger partial charge in [-0.1, -0.05) is 30.3 Å². The lowest BCUT2D eigenvalue weighted by Crippen LogP contribution is -2.52. The molecular formula is C16H22N2O4S. The summed E-state index contributed by atoms with van der Waals surface area (Å²) in [5.41, 5.74) is 0.783. The van der Waals surface area contributed by atoms with Crippen molar-refractivity contribution in [1.29, 1.82) is 0 Å². The summed E-state index contributed by atoms with van der Waals surface area (Å²) in [7, 11) is -3.34. The highest BCUT2D eigenvalue weighted by atomic mass is 32.2. The van der Waals surface area contributed by atoms with E-state index in [9.17, 15) is 13.2 Å². The Bertz CT molecular complexity index is 633. The van der Waals surface area contributed by atoms with Crippen molar-refractivity contribution >= 4 is 15.9 Å². The molecule has 3 rings (SSSR count). The van der Waals surface area contributed by atoms with Crippen LogP contribution >= 0.6 is 0 Å². The molecule has 1 atom stereocenters. The molecule has 2 aliphatic rings. The number of hydrogen-bond acceptors (Lipinski definition) is 4. The Labute approximate surface area is 137 Å². The van der Waals surface area contributed by atoms with Gasteiger partial charge in [-0.15, -0.1) is 0 Å². The van der Waals surface area contributed by atoms with Gasteiger partial charge in [0.1, 0.15) is 6.10 Å². The average molecular weight is 338 g/mol. The molecule has 2 aliphatic heterocycles. The van der Waals surface area contributed by atoms with Crippen LogP contribution < -0.4 is 0 Å². The quantitative estimate of drug-likeness (QED) is 0.816. The number of ether oxygens (including phenoxy) is 1. The first-order valence-electron chi connectivity index (χ1n) is 7.98. The molecule has 1 amide bonds. The van der Waals surface area contributed by atoms with E-state index in [1.54, 1.807) is 4.90 Å². The van der Waals surface area contributed by atoms with Crippen LogP contribution in [0.4, 0.5) is 0 Å². The molecule has 1 aromatic carbocycles. The van der Waals surface area contributed by atoms with Gasteiger partial charge in [-0.3, -0.25) is 4.79 Å². The summed E-state index contributed by atoms with van der Waals surface area (Å²) >= 11 is 0. The number of nitrogens with zero attached hydrogens (tertiary/aromatic N) is 2. The maximum absolute atomic E-state index is 12.5. The summed E-state index contributed by atoms with van der Waals surface area (Å²) in [6.45, 7) is 2.22.